The topological polar surface area (TPSA) is 18.5 Å². The smallest absolute Gasteiger partial charge is 0.0711 e. The van der Waals surface area contributed by atoms with Gasteiger partial charge in [0.15, 0.2) is 0 Å². The zero-order chi connectivity index (χ0) is 14.3. The van der Waals surface area contributed by atoms with Crippen molar-refractivity contribution in [3.05, 3.63) is 66.2 Å². The van der Waals surface area contributed by atoms with Crippen molar-refractivity contribution < 1.29 is 0 Å². The van der Waals surface area contributed by atoms with E-state index in [1.54, 1.807) is 0 Å². The number of nitrogens with one attached hydrogen (secondary N) is 1. The first kappa shape index (κ1) is 14.1. The fourth-order valence-electron chi connectivity index (χ4n) is 2.76. The van der Waals surface area contributed by atoms with Gasteiger partial charge in [-0.1, -0.05) is 48.5 Å². The number of piperazine rings is 1. The SMILES string of the molecule is c1ccc(CN(CN2CCNCC2)c2ccccc2)cc1. The molecule has 0 unspecified atom stereocenters. The molecule has 2 aromatic rings. The Hall–Kier alpha value is -1.84. The minimum Gasteiger partial charge on any atom is -0.354 e. The van der Waals surface area contributed by atoms with Crippen molar-refractivity contribution in [3.63, 3.8) is 0 Å². The molecule has 1 aliphatic heterocycles. The van der Waals surface area contributed by atoms with Crippen LogP contribution in [-0.4, -0.2) is 37.7 Å². The second-order valence-corrected chi connectivity index (χ2v) is 5.53. The van der Waals surface area contributed by atoms with Crippen molar-refractivity contribution >= 4 is 5.69 Å². The molecule has 0 saturated carbocycles. The van der Waals surface area contributed by atoms with Gasteiger partial charge in [0, 0.05) is 38.4 Å². The maximum atomic E-state index is 3.42. The lowest BCUT2D eigenvalue weighted by molar-refractivity contribution is 0.239. The van der Waals surface area contributed by atoms with E-state index in [4.69, 9.17) is 0 Å². The third-order valence-corrected chi connectivity index (χ3v) is 3.92. The highest BCUT2D eigenvalue weighted by Crippen LogP contribution is 2.17. The number of hydrogen-bond donors (Lipinski definition) is 1. The Bertz CT molecular complexity index is 521. The molecule has 110 valence electrons. The first-order valence-electron chi connectivity index (χ1n) is 7.69. The summed E-state index contributed by atoms with van der Waals surface area (Å²) >= 11 is 0. The maximum absolute atomic E-state index is 3.42. The van der Waals surface area contributed by atoms with Crippen molar-refractivity contribution in [2.45, 2.75) is 6.54 Å². The normalized spacial score (nSPS) is 15.8. The molecule has 1 heterocycles. The van der Waals surface area contributed by atoms with Gasteiger partial charge in [-0.05, 0) is 17.7 Å². The minimum absolute atomic E-state index is 0.953. The first-order chi connectivity index (χ1) is 10.4. The lowest BCUT2D eigenvalue weighted by Crippen LogP contribution is -2.48. The predicted molar refractivity (Wildman–Crippen MR) is 88.4 cm³/mol. The summed E-state index contributed by atoms with van der Waals surface area (Å²) in [6, 6.07) is 21.4. The summed E-state index contributed by atoms with van der Waals surface area (Å²) < 4.78 is 0. The zero-order valence-electron chi connectivity index (χ0n) is 12.4. The number of hydrogen-bond acceptors (Lipinski definition) is 3. The van der Waals surface area contributed by atoms with Crippen LogP contribution in [0.5, 0.6) is 0 Å². The van der Waals surface area contributed by atoms with E-state index >= 15 is 0 Å². The molecule has 0 amide bonds. The molecule has 1 aliphatic rings. The molecule has 1 fully saturated rings. The number of benzene rings is 2. The van der Waals surface area contributed by atoms with E-state index < -0.39 is 0 Å². The molecule has 0 atom stereocenters. The van der Waals surface area contributed by atoms with Gasteiger partial charge < -0.3 is 10.2 Å². The molecule has 1 N–H and O–H groups in total. The number of nitrogens with zero attached hydrogens (tertiary/aromatic N) is 2. The van der Waals surface area contributed by atoms with Crippen LogP contribution >= 0.6 is 0 Å². The largest absolute Gasteiger partial charge is 0.354 e. The van der Waals surface area contributed by atoms with Crippen LogP contribution < -0.4 is 10.2 Å². The zero-order valence-corrected chi connectivity index (χ0v) is 12.4. The summed E-state index contributed by atoms with van der Waals surface area (Å²) in [5.41, 5.74) is 2.65. The summed E-state index contributed by atoms with van der Waals surface area (Å²) in [7, 11) is 0. The Labute approximate surface area is 127 Å². The van der Waals surface area contributed by atoms with E-state index in [1.807, 2.05) is 0 Å². The van der Waals surface area contributed by atoms with E-state index in [1.165, 1.54) is 11.3 Å². The summed E-state index contributed by atoms with van der Waals surface area (Å²) in [6.45, 7) is 6.37. The number of para-hydroxylation sites is 1. The van der Waals surface area contributed by atoms with E-state index in [9.17, 15) is 0 Å². The van der Waals surface area contributed by atoms with Gasteiger partial charge in [-0.25, -0.2) is 0 Å². The Morgan fingerprint density at radius 2 is 1.48 bits per heavy atom. The standard InChI is InChI=1S/C18H23N3/c1-3-7-17(8-4-1)15-21(18-9-5-2-6-10-18)16-20-13-11-19-12-14-20/h1-10,19H,11-16H2. The van der Waals surface area contributed by atoms with Crippen molar-refractivity contribution in [3.8, 4) is 0 Å². The van der Waals surface area contributed by atoms with Crippen LogP contribution in [0.3, 0.4) is 0 Å². The second-order valence-electron chi connectivity index (χ2n) is 5.53. The lowest BCUT2D eigenvalue weighted by Gasteiger charge is -2.34. The predicted octanol–water partition coefficient (Wildman–Crippen LogP) is 2.56. The van der Waals surface area contributed by atoms with Crippen molar-refractivity contribution in [1.29, 1.82) is 0 Å². The molecule has 2 aromatic carbocycles. The number of anilines is 1. The summed E-state index contributed by atoms with van der Waals surface area (Å²) in [5.74, 6) is 0. The third kappa shape index (κ3) is 4.06. The highest BCUT2D eigenvalue weighted by atomic mass is 15.3. The van der Waals surface area contributed by atoms with Gasteiger partial charge in [-0.15, -0.1) is 0 Å². The maximum Gasteiger partial charge on any atom is 0.0711 e. The third-order valence-electron chi connectivity index (χ3n) is 3.92. The van der Waals surface area contributed by atoms with Crippen LogP contribution in [0, 0.1) is 0 Å². The van der Waals surface area contributed by atoms with E-state index in [2.05, 4.69) is 75.8 Å². The van der Waals surface area contributed by atoms with E-state index in [0.717, 1.165) is 39.4 Å². The Morgan fingerprint density at radius 1 is 0.857 bits per heavy atom. The van der Waals surface area contributed by atoms with E-state index in [0.29, 0.717) is 0 Å². The van der Waals surface area contributed by atoms with Crippen molar-refractivity contribution in [2.75, 3.05) is 37.7 Å². The fourth-order valence-corrected chi connectivity index (χ4v) is 2.76. The molecule has 0 spiro atoms. The van der Waals surface area contributed by atoms with E-state index in [-0.39, 0.29) is 0 Å². The van der Waals surface area contributed by atoms with Crippen molar-refractivity contribution in [2.24, 2.45) is 0 Å². The highest BCUT2D eigenvalue weighted by molar-refractivity contribution is 5.46. The molecule has 3 nitrogen and oxygen atoms in total. The van der Waals surface area contributed by atoms with Crippen LogP contribution in [-0.2, 0) is 6.54 Å². The van der Waals surface area contributed by atoms with Crippen molar-refractivity contribution in [1.82, 2.24) is 10.2 Å². The number of rotatable bonds is 5. The van der Waals surface area contributed by atoms with Gasteiger partial charge in [0.2, 0.25) is 0 Å². The van der Waals surface area contributed by atoms with Crippen LogP contribution in [0.2, 0.25) is 0 Å². The average molecular weight is 281 g/mol. The Morgan fingerprint density at radius 3 is 2.14 bits per heavy atom. The van der Waals surface area contributed by atoms with Crippen LogP contribution in [0.25, 0.3) is 0 Å². The van der Waals surface area contributed by atoms with Crippen LogP contribution in [0.15, 0.2) is 60.7 Å². The summed E-state index contributed by atoms with van der Waals surface area (Å²) in [5, 5.41) is 3.42. The van der Waals surface area contributed by atoms with Gasteiger partial charge in [-0.2, -0.15) is 0 Å². The summed E-state index contributed by atoms with van der Waals surface area (Å²) in [6.07, 6.45) is 0. The molecular formula is C18H23N3. The molecule has 3 rings (SSSR count). The Kier molecular flexibility index (Phi) is 4.87. The molecule has 0 aliphatic carbocycles. The monoisotopic (exact) mass is 281 g/mol. The minimum atomic E-state index is 0.953. The summed E-state index contributed by atoms with van der Waals surface area (Å²) in [4.78, 5) is 4.98. The Balaban J connectivity index is 1.74. The quantitative estimate of drug-likeness (QED) is 0.908. The molecule has 3 heteroatoms. The molecule has 21 heavy (non-hydrogen) atoms. The first-order valence-corrected chi connectivity index (χ1v) is 7.69. The highest BCUT2D eigenvalue weighted by Gasteiger charge is 2.14. The molecular weight excluding hydrogens is 258 g/mol. The molecule has 0 bridgehead atoms. The second kappa shape index (κ2) is 7.25. The van der Waals surface area contributed by atoms with Gasteiger partial charge in [0.1, 0.15) is 0 Å². The molecule has 1 saturated heterocycles. The lowest BCUT2D eigenvalue weighted by atomic mass is 10.2. The average Bonchev–Trinajstić information content (AvgIpc) is 2.57. The van der Waals surface area contributed by atoms with Crippen LogP contribution in [0.1, 0.15) is 5.56 Å². The van der Waals surface area contributed by atoms with Gasteiger partial charge in [-0.3, -0.25) is 4.90 Å². The van der Waals surface area contributed by atoms with Gasteiger partial charge >= 0.3 is 0 Å². The molecule has 0 aromatic heterocycles. The van der Waals surface area contributed by atoms with Crippen LogP contribution in [0.4, 0.5) is 5.69 Å². The van der Waals surface area contributed by atoms with Gasteiger partial charge in [0.25, 0.3) is 0 Å². The van der Waals surface area contributed by atoms with Gasteiger partial charge in [0.05, 0.1) is 6.67 Å². The molecule has 0 radical (unpaired) electrons. The fraction of sp³-hybridized carbons (Fsp3) is 0.333.